The fourth-order valence-electron chi connectivity index (χ4n) is 3.87. The molecule has 36 heavy (non-hydrogen) atoms. The Morgan fingerprint density at radius 3 is 1.94 bits per heavy atom. The van der Waals surface area contributed by atoms with Gasteiger partial charge in [0.25, 0.3) is 0 Å². The van der Waals surface area contributed by atoms with E-state index in [1.165, 1.54) is 18.2 Å². The highest BCUT2D eigenvalue weighted by Gasteiger charge is 2.52. The van der Waals surface area contributed by atoms with Crippen LogP contribution < -0.4 is 0 Å². The maximum absolute atomic E-state index is 13.7. The van der Waals surface area contributed by atoms with Crippen molar-refractivity contribution in [1.82, 2.24) is 0 Å². The molecule has 0 N–H and O–H groups in total. The van der Waals surface area contributed by atoms with Gasteiger partial charge in [0.1, 0.15) is 0 Å². The maximum atomic E-state index is 13.7. The molecule has 3 aromatic rings. The zero-order valence-electron chi connectivity index (χ0n) is 20.2. The first-order chi connectivity index (χ1) is 16.9. The molecule has 0 amide bonds. The standard InChI is InChI=1S/C29H26F3NO3/c1-27(2,3)21-13-15-22(16-14-21)28(19-33,26(35)36-18-17-20-9-5-4-6-10-20)25(34)23-11-7-8-12-24(23)29(30,31)32/h4-16H,17-18H2,1-3H3. The topological polar surface area (TPSA) is 67.2 Å². The molecule has 0 radical (unpaired) electrons. The first-order valence-electron chi connectivity index (χ1n) is 11.4. The van der Waals surface area contributed by atoms with Crippen LogP contribution in [0.5, 0.6) is 0 Å². The first kappa shape index (κ1) is 26.7. The molecule has 0 aliphatic heterocycles. The summed E-state index contributed by atoms with van der Waals surface area (Å²) < 4.78 is 46.5. The first-order valence-corrected chi connectivity index (χ1v) is 11.4. The van der Waals surface area contributed by atoms with E-state index in [0.717, 1.165) is 29.3 Å². The Bertz CT molecular complexity index is 1270. The van der Waals surface area contributed by atoms with Crippen molar-refractivity contribution in [3.63, 3.8) is 0 Å². The van der Waals surface area contributed by atoms with E-state index >= 15 is 0 Å². The lowest BCUT2D eigenvalue weighted by Crippen LogP contribution is -2.45. The molecule has 4 nitrogen and oxygen atoms in total. The van der Waals surface area contributed by atoms with E-state index < -0.39 is 34.5 Å². The minimum absolute atomic E-state index is 0.0512. The van der Waals surface area contributed by atoms with Gasteiger partial charge < -0.3 is 4.74 Å². The van der Waals surface area contributed by atoms with Crippen molar-refractivity contribution in [3.05, 3.63) is 107 Å². The molecule has 7 heteroatoms. The molecule has 186 valence electrons. The minimum Gasteiger partial charge on any atom is -0.464 e. The maximum Gasteiger partial charge on any atom is 0.417 e. The van der Waals surface area contributed by atoms with Crippen LogP contribution in [0.25, 0.3) is 0 Å². The molecule has 1 atom stereocenters. The monoisotopic (exact) mass is 493 g/mol. The molecule has 0 spiro atoms. The van der Waals surface area contributed by atoms with Gasteiger partial charge in [0.05, 0.1) is 18.2 Å². The van der Waals surface area contributed by atoms with Gasteiger partial charge in [-0.3, -0.25) is 4.79 Å². The van der Waals surface area contributed by atoms with Gasteiger partial charge in [-0.2, -0.15) is 18.4 Å². The normalized spacial score (nSPS) is 13.4. The van der Waals surface area contributed by atoms with E-state index in [4.69, 9.17) is 4.74 Å². The third-order valence-electron chi connectivity index (χ3n) is 5.94. The SMILES string of the molecule is CC(C)(C)c1ccc(C(C#N)(C(=O)OCCc2ccccc2)C(=O)c2ccccc2C(F)(F)F)cc1. The second-order valence-electron chi connectivity index (χ2n) is 9.43. The van der Waals surface area contributed by atoms with Gasteiger partial charge >= 0.3 is 12.1 Å². The number of halogens is 3. The molecule has 3 rings (SSSR count). The highest BCUT2D eigenvalue weighted by Crippen LogP contribution is 2.37. The molecule has 0 aliphatic carbocycles. The quantitative estimate of drug-likeness (QED) is 0.216. The molecule has 0 aromatic heterocycles. The summed E-state index contributed by atoms with van der Waals surface area (Å²) in [5.74, 6) is -2.50. The minimum atomic E-state index is -4.86. The lowest BCUT2D eigenvalue weighted by Gasteiger charge is -2.26. The molecule has 0 heterocycles. The number of nitriles is 1. The average Bonchev–Trinajstić information content (AvgIpc) is 2.84. The summed E-state index contributed by atoms with van der Waals surface area (Å²) in [5.41, 5.74) is -3.21. The van der Waals surface area contributed by atoms with Gasteiger partial charge in [0, 0.05) is 12.0 Å². The summed E-state index contributed by atoms with van der Waals surface area (Å²) in [6.45, 7) is 5.73. The zero-order valence-corrected chi connectivity index (χ0v) is 20.2. The Hall–Kier alpha value is -3.92. The smallest absolute Gasteiger partial charge is 0.417 e. The number of nitrogens with zero attached hydrogens (tertiary/aromatic N) is 1. The molecule has 3 aromatic carbocycles. The van der Waals surface area contributed by atoms with Crippen LogP contribution in [0.1, 0.15) is 53.4 Å². The largest absolute Gasteiger partial charge is 0.464 e. The van der Waals surface area contributed by atoms with Crippen molar-refractivity contribution in [2.24, 2.45) is 0 Å². The van der Waals surface area contributed by atoms with E-state index in [1.807, 2.05) is 51.1 Å². The van der Waals surface area contributed by atoms with Crippen molar-refractivity contribution in [1.29, 1.82) is 5.26 Å². The fraction of sp³-hybridized carbons (Fsp3) is 0.276. The lowest BCUT2D eigenvalue weighted by atomic mass is 9.73. The molecule has 0 fully saturated rings. The molecule has 1 unspecified atom stereocenters. The highest BCUT2D eigenvalue weighted by atomic mass is 19.4. The number of esters is 1. The Balaban J connectivity index is 2.08. The number of rotatable bonds is 7. The number of alkyl halides is 3. The van der Waals surface area contributed by atoms with Crippen LogP contribution in [0.15, 0.2) is 78.9 Å². The van der Waals surface area contributed by atoms with Crippen molar-refractivity contribution < 1.29 is 27.5 Å². The van der Waals surface area contributed by atoms with Gasteiger partial charge in [-0.1, -0.05) is 93.6 Å². The van der Waals surface area contributed by atoms with E-state index in [0.29, 0.717) is 6.42 Å². The van der Waals surface area contributed by atoms with Crippen LogP contribution in [0.2, 0.25) is 0 Å². The molecule has 0 saturated heterocycles. The summed E-state index contributed by atoms with van der Waals surface area (Å²) in [6, 6.07) is 21.1. The number of hydrogen-bond donors (Lipinski definition) is 0. The molecular weight excluding hydrogens is 467 g/mol. The predicted molar refractivity (Wildman–Crippen MR) is 129 cm³/mol. The Morgan fingerprint density at radius 2 is 1.39 bits per heavy atom. The number of Topliss-reactive ketones (excluding diaryl/α,β-unsaturated/α-hetero) is 1. The van der Waals surface area contributed by atoms with Gasteiger partial charge in [0.2, 0.25) is 5.41 Å². The lowest BCUT2D eigenvalue weighted by molar-refractivity contribution is -0.147. The average molecular weight is 494 g/mol. The Morgan fingerprint density at radius 1 is 0.833 bits per heavy atom. The van der Waals surface area contributed by atoms with Crippen LogP contribution in [0, 0.1) is 11.3 Å². The molecule has 0 bridgehead atoms. The van der Waals surface area contributed by atoms with Gasteiger partial charge in [-0.15, -0.1) is 0 Å². The highest BCUT2D eigenvalue weighted by molar-refractivity contribution is 6.20. The predicted octanol–water partition coefficient (Wildman–Crippen LogP) is 6.43. The van der Waals surface area contributed by atoms with Crippen LogP contribution >= 0.6 is 0 Å². The van der Waals surface area contributed by atoms with Crippen molar-refractivity contribution in [2.75, 3.05) is 6.61 Å². The summed E-state index contributed by atoms with van der Waals surface area (Å²) in [7, 11) is 0. The van der Waals surface area contributed by atoms with Crippen molar-refractivity contribution in [2.45, 2.75) is 44.2 Å². The van der Waals surface area contributed by atoms with Gasteiger partial charge in [-0.25, -0.2) is 4.79 Å². The summed E-state index contributed by atoms with van der Waals surface area (Å²) in [5, 5.41) is 10.2. The Labute approximate surface area is 208 Å². The van der Waals surface area contributed by atoms with Crippen LogP contribution in [0.4, 0.5) is 13.2 Å². The van der Waals surface area contributed by atoms with E-state index in [-0.39, 0.29) is 17.6 Å². The van der Waals surface area contributed by atoms with E-state index in [9.17, 15) is 28.0 Å². The third-order valence-corrected chi connectivity index (χ3v) is 5.94. The summed E-state index contributed by atoms with van der Waals surface area (Å²) in [4.78, 5) is 27.1. The number of ketones is 1. The second-order valence-corrected chi connectivity index (χ2v) is 9.43. The number of hydrogen-bond acceptors (Lipinski definition) is 4. The van der Waals surface area contributed by atoms with Crippen LogP contribution in [0.3, 0.4) is 0 Å². The molecule has 0 saturated carbocycles. The third kappa shape index (κ3) is 5.49. The van der Waals surface area contributed by atoms with Crippen molar-refractivity contribution >= 4 is 11.8 Å². The fourth-order valence-corrected chi connectivity index (χ4v) is 3.87. The van der Waals surface area contributed by atoms with E-state index in [1.54, 1.807) is 18.2 Å². The van der Waals surface area contributed by atoms with Gasteiger partial charge in [-0.05, 0) is 28.2 Å². The Kier molecular flexibility index (Phi) is 7.68. The number of carbonyl (C=O) groups is 2. The zero-order chi connectivity index (χ0) is 26.6. The summed E-state index contributed by atoms with van der Waals surface area (Å²) in [6.07, 6.45) is -4.55. The number of benzene rings is 3. The van der Waals surface area contributed by atoms with Crippen LogP contribution in [-0.4, -0.2) is 18.4 Å². The van der Waals surface area contributed by atoms with Crippen molar-refractivity contribution in [3.8, 4) is 6.07 Å². The number of ether oxygens (including phenoxy) is 1. The molecule has 0 aliphatic rings. The van der Waals surface area contributed by atoms with Gasteiger partial charge in [0.15, 0.2) is 5.78 Å². The van der Waals surface area contributed by atoms with Crippen LogP contribution in [-0.2, 0) is 33.0 Å². The number of carbonyl (C=O) groups excluding carboxylic acids is 2. The van der Waals surface area contributed by atoms with E-state index in [2.05, 4.69) is 0 Å². The second kappa shape index (κ2) is 10.4. The molecular formula is C29H26F3NO3. The summed E-state index contributed by atoms with van der Waals surface area (Å²) >= 11 is 0.